The highest BCUT2D eigenvalue weighted by Crippen LogP contribution is 2.55. The van der Waals surface area contributed by atoms with E-state index < -0.39 is 41.4 Å². The minimum atomic E-state index is -1.59. The van der Waals surface area contributed by atoms with Crippen molar-refractivity contribution in [1.82, 2.24) is 10.6 Å². The number of carboxylic acid groups (broad SMARTS) is 1. The summed E-state index contributed by atoms with van der Waals surface area (Å²) in [6.07, 6.45) is 8.34. The summed E-state index contributed by atoms with van der Waals surface area (Å²) < 4.78 is 5.53. The zero-order valence-electron chi connectivity index (χ0n) is 25.4. The topological polar surface area (TPSA) is 139 Å². The summed E-state index contributed by atoms with van der Waals surface area (Å²) in [4.78, 5) is 64.1. The zero-order valence-corrected chi connectivity index (χ0v) is 25.4. The van der Waals surface area contributed by atoms with E-state index in [1.165, 1.54) is 6.08 Å². The van der Waals surface area contributed by atoms with Gasteiger partial charge in [0, 0.05) is 11.8 Å². The second-order valence-corrected chi connectivity index (χ2v) is 13.8. The van der Waals surface area contributed by atoms with Crippen molar-refractivity contribution in [2.75, 3.05) is 0 Å². The molecule has 0 radical (unpaired) electrons. The van der Waals surface area contributed by atoms with Crippen LogP contribution in [0.15, 0.2) is 12.7 Å². The highest BCUT2D eigenvalue weighted by atomic mass is 16.6. The van der Waals surface area contributed by atoms with Gasteiger partial charge in [-0.25, -0.2) is 9.59 Å². The van der Waals surface area contributed by atoms with E-state index in [9.17, 15) is 29.1 Å². The van der Waals surface area contributed by atoms with Gasteiger partial charge >= 0.3 is 12.1 Å². The molecule has 6 unspecified atom stereocenters. The second-order valence-electron chi connectivity index (χ2n) is 13.8. The van der Waals surface area contributed by atoms with Crippen molar-refractivity contribution in [3.8, 4) is 0 Å². The number of ether oxygens (including phenoxy) is 1. The lowest BCUT2D eigenvalue weighted by Crippen LogP contribution is -2.52. The molecule has 3 N–H and O–H groups in total. The number of ketones is 2. The van der Waals surface area contributed by atoms with Gasteiger partial charge in [-0.3, -0.25) is 14.4 Å². The smallest absolute Gasteiger partial charge is 0.408 e. The minimum Gasteiger partial charge on any atom is -0.475 e. The molecule has 0 saturated heterocycles. The Bertz CT molecular complexity index is 994. The Hall–Kier alpha value is -2.71. The second kappa shape index (κ2) is 14.0. The van der Waals surface area contributed by atoms with E-state index >= 15 is 0 Å². The predicted octanol–water partition coefficient (Wildman–Crippen LogP) is 5.07. The van der Waals surface area contributed by atoms with Crippen molar-refractivity contribution in [2.24, 2.45) is 41.4 Å². The van der Waals surface area contributed by atoms with Crippen LogP contribution >= 0.6 is 0 Å². The quantitative estimate of drug-likeness (QED) is 0.231. The highest BCUT2D eigenvalue weighted by Gasteiger charge is 2.52. The Morgan fingerprint density at radius 2 is 1.61 bits per heavy atom. The summed E-state index contributed by atoms with van der Waals surface area (Å²) in [5.74, 6) is -2.58. The first-order chi connectivity index (χ1) is 19.2. The van der Waals surface area contributed by atoms with Crippen molar-refractivity contribution in [1.29, 1.82) is 0 Å². The van der Waals surface area contributed by atoms with Crippen LogP contribution in [0.25, 0.3) is 0 Å². The molecule has 2 amide bonds. The Labute approximate surface area is 244 Å². The molecular formula is C32H50N2O7. The molecule has 0 heterocycles. The van der Waals surface area contributed by atoms with Crippen LogP contribution in [0.4, 0.5) is 4.79 Å². The first-order valence-electron chi connectivity index (χ1n) is 15.4. The number of nitrogens with one attached hydrogen (secondary N) is 2. The van der Waals surface area contributed by atoms with Gasteiger partial charge in [0.05, 0.1) is 6.04 Å². The fraction of sp³-hybridized carbons (Fsp3) is 0.781. The molecule has 3 aliphatic carbocycles. The summed E-state index contributed by atoms with van der Waals surface area (Å²) in [5, 5.41) is 14.9. The number of rotatable bonds is 11. The molecule has 9 nitrogen and oxygen atoms in total. The van der Waals surface area contributed by atoms with Gasteiger partial charge in [-0.1, -0.05) is 39.2 Å². The monoisotopic (exact) mass is 574 g/mol. The van der Waals surface area contributed by atoms with E-state index in [2.05, 4.69) is 31.1 Å². The molecule has 9 heteroatoms. The van der Waals surface area contributed by atoms with Crippen LogP contribution in [-0.4, -0.2) is 52.3 Å². The zero-order chi connectivity index (χ0) is 30.5. The van der Waals surface area contributed by atoms with Gasteiger partial charge in [0.15, 0.2) is 5.78 Å². The van der Waals surface area contributed by atoms with E-state index in [-0.39, 0.29) is 41.8 Å². The Morgan fingerprint density at radius 1 is 0.951 bits per heavy atom. The molecule has 0 aromatic carbocycles. The van der Waals surface area contributed by atoms with Crippen LogP contribution < -0.4 is 10.6 Å². The Kier molecular flexibility index (Phi) is 11.2. The molecule has 3 rings (SSSR count). The van der Waals surface area contributed by atoms with Crippen LogP contribution in [0, 0.1) is 41.4 Å². The van der Waals surface area contributed by atoms with Crippen LogP contribution in [0.1, 0.15) is 98.8 Å². The molecular weight excluding hydrogens is 524 g/mol. The number of amides is 2. The number of alkyl carbamates (subject to hydrolysis) is 1. The minimum absolute atomic E-state index is 0.0302. The maximum Gasteiger partial charge on any atom is 0.408 e. The number of Topliss-reactive ketones (excluding diaryl/α,β-unsaturated/α-hetero) is 2. The first kappa shape index (κ1) is 32.8. The molecule has 0 aromatic heterocycles. The van der Waals surface area contributed by atoms with E-state index in [0.29, 0.717) is 31.1 Å². The first-order valence-corrected chi connectivity index (χ1v) is 15.4. The molecule has 3 fully saturated rings. The van der Waals surface area contributed by atoms with Gasteiger partial charge in [0.1, 0.15) is 11.6 Å². The summed E-state index contributed by atoms with van der Waals surface area (Å²) in [5.41, 5.74) is -0.678. The van der Waals surface area contributed by atoms with Crippen LogP contribution in [0.3, 0.4) is 0 Å². The lowest BCUT2D eigenvalue weighted by Gasteiger charge is -2.50. The third-order valence-corrected chi connectivity index (χ3v) is 9.49. The number of hydrogen-bond acceptors (Lipinski definition) is 6. The summed E-state index contributed by atoms with van der Waals surface area (Å²) in [6.45, 7) is 13.3. The van der Waals surface area contributed by atoms with Gasteiger partial charge in [0.2, 0.25) is 5.91 Å². The summed E-state index contributed by atoms with van der Waals surface area (Å²) in [6, 6.07) is -1.78. The van der Waals surface area contributed by atoms with Crippen molar-refractivity contribution < 1.29 is 33.8 Å². The number of carbonyl (C=O) groups excluding carboxylic acids is 4. The molecule has 0 bridgehead atoms. The largest absolute Gasteiger partial charge is 0.475 e. The van der Waals surface area contributed by atoms with Gasteiger partial charge in [-0.05, 0) is 95.3 Å². The predicted molar refractivity (Wildman–Crippen MR) is 155 cm³/mol. The van der Waals surface area contributed by atoms with Crippen molar-refractivity contribution in [2.45, 2.75) is 117 Å². The third-order valence-electron chi connectivity index (χ3n) is 9.49. The van der Waals surface area contributed by atoms with E-state index in [1.807, 2.05) is 0 Å². The third kappa shape index (κ3) is 8.41. The lowest BCUT2D eigenvalue weighted by molar-refractivity contribution is -0.150. The normalized spacial score (nSPS) is 28.2. The standard InChI is InChI=1S/C32H50N2O7/c1-7-11-25(28(36)30(38)39)33-29(37)21-15-14-20(16-23-22(18(2)3)17-24(21)23)27(35)26(19-12-9-8-10-13-19)34-31(40)41-32(4,5)6/h7,18-26H,1,8-17H2,2-6H3,(H,33,37)(H,34,40)(H,38,39)/t20?,21?,22?,23?,24?,25?,26-/m0/s1. The average molecular weight is 575 g/mol. The van der Waals surface area contributed by atoms with Crippen molar-refractivity contribution in [3.05, 3.63) is 12.7 Å². The van der Waals surface area contributed by atoms with E-state index in [4.69, 9.17) is 4.74 Å². The Balaban J connectivity index is 1.82. The van der Waals surface area contributed by atoms with Crippen molar-refractivity contribution >= 4 is 29.5 Å². The fourth-order valence-corrected chi connectivity index (χ4v) is 7.39. The van der Waals surface area contributed by atoms with Crippen molar-refractivity contribution in [3.63, 3.8) is 0 Å². The molecule has 3 saturated carbocycles. The number of fused-ring (bicyclic) bond motifs is 1. The average Bonchev–Trinajstić information content (AvgIpc) is 3.02. The van der Waals surface area contributed by atoms with Gasteiger partial charge in [-0.2, -0.15) is 0 Å². The van der Waals surface area contributed by atoms with Crippen LogP contribution in [0.2, 0.25) is 0 Å². The lowest BCUT2D eigenvalue weighted by atomic mass is 9.55. The van der Waals surface area contributed by atoms with Crippen LogP contribution in [-0.2, 0) is 23.9 Å². The molecule has 0 aromatic rings. The summed E-state index contributed by atoms with van der Waals surface area (Å²) >= 11 is 0. The fourth-order valence-electron chi connectivity index (χ4n) is 7.39. The van der Waals surface area contributed by atoms with Gasteiger partial charge in [0.25, 0.3) is 5.78 Å². The molecule has 41 heavy (non-hydrogen) atoms. The molecule has 0 spiro atoms. The van der Waals surface area contributed by atoms with Gasteiger partial charge in [-0.15, -0.1) is 6.58 Å². The highest BCUT2D eigenvalue weighted by molar-refractivity contribution is 6.35. The number of carboxylic acids is 1. The maximum absolute atomic E-state index is 14.2. The number of carbonyl (C=O) groups is 5. The summed E-state index contributed by atoms with van der Waals surface area (Å²) in [7, 11) is 0. The molecule has 0 aliphatic heterocycles. The molecule has 230 valence electrons. The number of hydrogen-bond donors (Lipinski definition) is 3. The van der Waals surface area contributed by atoms with E-state index in [0.717, 1.165) is 38.5 Å². The van der Waals surface area contributed by atoms with E-state index in [1.54, 1.807) is 20.8 Å². The maximum atomic E-state index is 14.2. The number of aliphatic carboxylic acids is 1. The Morgan fingerprint density at radius 3 is 2.17 bits per heavy atom. The molecule has 3 aliphatic rings. The molecule has 7 atom stereocenters. The van der Waals surface area contributed by atoms with Gasteiger partial charge < -0.3 is 20.5 Å². The van der Waals surface area contributed by atoms with Crippen LogP contribution in [0.5, 0.6) is 0 Å². The SMILES string of the molecule is C=CCC(NC(=O)C1CCC(C(=O)[C@@H](NC(=O)OC(C)(C)C)C2CCCCC2)CC2C(C(C)C)CC12)C(=O)C(=O)O.